The molecule has 0 aliphatic rings. The maximum absolute atomic E-state index is 13.4. The van der Waals surface area contributed by atoms with Crippen molar-refractivity contribution in [2.75, 3.05) is 5.32 Å². The number of halogens is 1. The summed E-state index contributed by atoms with van der Waals surface area (Å²) in [6.07, 6.45) is 0.844. The molecule has 0 saturated heterocycles. The fraction of sp³-hybridized carbons (Fsp3) is 0.367. The highest BCUT2D eigenvalue weighted by atomic mass is 35.5. The summed E-state index contributed by atoms with van der Waals surface area (Å²) in [5.74, 6) is -0.559. The Kier molecular flexibility index (Phi) is 11.4. The van der Waals surface area contributed by atoms with Crippen LogP contribution in [-0.2, 0) is 16.2 Å². The minimum Gasteiger partial charge on any atom is -0.488 e. The average Bonchev–Trinajstić information content (AvgIpc) is 3.40. The van der Waals surface area contributed by atoms with Gasteiger partial charge in [0.25, 0.3) is 5.91 Å². The van der Waals surface area contributed by atoms with E-state index in [4.69, 9.17) is 16.3 Å². The van der Waals surface area contributed by atoms with Crippen molar-refractivity contribution in [3.63, 3.8) is 0 Å². The summed E-state index contributed by atoms with van der Waals surface area (Å²) in [6.45, 7) is 8.18. The number of amides is 3. The van der Waals surface area contributed by atoms with Gasteiger partial charge < -0.3 is 20.7 Å². The molecule has 0 aliphatic heterocycles. The second-order valence-corrected chi connectivity index (χ2v) is 11.6. The van der Waals surface area contributed by atoms with Gasteiger partial charge in [0.1, 0.15) is 24.4 Å². The van der Waals surface area contributed by atoms with E-state index in [0.717, 1.165) is 5.56 Å². The third-order valence-electron chi connectivity index (χ3n) is 5.86. The van der Waals surface area contributed by atoms with Crippen molar-refractivity contribution in [1.82, 2.24) is 10.6 Å². The van der Waals surface area contributed by atoms with E-state index in [1.807, 2.05) is 69.5 Å². The van der Waals surface area contributed by atoms with Crippen LogP contribution in [0.5, 0.6) is 5.75 Å². The van der Waals surface area contributed by atoms with Crippen LogP contribution in [0.1, 0.15) is 56.5 Å². The topological polar surface area (TPSA) is 96.5 Å². The molecule has 1 heterocycles. The van der Waals surface area contributed by atoms with Crippen molar-refractivity contribution in [2.45, 2.75) is 59.2 Å². The van der Waals surface area contributed by atoms with Crippen LogP contribution in [0, 0.1) is 11.8 Å². The average molecular weight is 570 g/mol. The minimum absolute atomic E-state index is 0.109. The molecule has 0 spiro atoms. The Hall–Kier alpha value is -3.36. The molecule has 0 radical (unpaired) electrons. The summed E-state index contributed by atoms with van der Waals surface area (Å²) < 4.78 is 5.94. The van der Waals surface area contributed by atoms with Gasteiger partial charge in [-0.05, 0) is 66.0 Å². The lowest BCUT2D eigenvalue weighted by Gasteiger charge is -2.25. The van der Waals surface area contributed by atoms with Crippen LogP contribution in [0.25, 0.3) is 0 Å². The predicted octanol–water partition coefficient (Wildman–Crippen LogP) is 6.29. The molecule has 0 saturated carbocycles. The maximum Gasteiger partial charge on any atom is 0.255 e. The molecule has 3 amide bonds. The van der Waals surface area contributed by atoms with E-state index in [1.165, 1.54) is 17.4 Å². The minimum atomic E-state index is -0.859. The van der Waals surface area contributed by atoms with Gasteiger partial charge in [-0.3, -0.25) is 14.4 Å². The van der Waals surface area contributed by atoms with Gasteiger partial charge in [0.15, 0.2) is 0 Å². The Morgan fingerprint density at radius 3 is 2.13 bits per heavy atom. The van der Waals surface area contributed by atoms with E-state index in [-0.39, 0.29) is 29.9 Å². The predicted molar refractivity (Wildman–Crippen MR) is 157 cm³/mol. The van der Waals surface area contributed by atoms with Gasteiger partial charge in [0.2, 0.25) is 11.8 Å². The lowest BCUT2D eigenvalue weighted by atomic mass is 9.99. The smallest absolute Gasteiger partial charge is 0.255 e. The second-order valence-electron chi connectivity index (χ2n) is 10.2. The molecule has 208 valence electrons. The van der Waals surface area contributed by atoms with Gasteiger partial charge in [-0.15, -0.1) is 11.3 Å². The molecular formula is C30H36ClN3O4S. The van der Waals surface area contributed by atoms with Crippen LogP contribution in [0.2, 0.25) is 5.02 Å². The molecule has 0 aliphatic carbocycles. The molecule has 7 nitrogen and oxygen atoms in total. The van der Waals surface area contributed by atoms with E-state index in [2.05, 4.69) is 16.0 Å². The molecule has 2 aromatic carbocycles. The fourth-order valence-corrected chi connectivity index (χ4v) is 4.81. The summed E-state index contributed by atoms with van der Waals surface area (Å²) in [4.78, 5) is 39.9. The number of carbonyl (C=O) groups excluding carboxylic acids is 3. The summed E-state index contributed by atoms with van der Waals surface area (Å²) >= 11 is 7.62. The van der Waals surface area contributed by atoms with Crippen LogP contribution in [-0.4, -0.2) is 29.8 Å². The van der Waals surface area contributed by atoms with Crippen molar-refractivity contribution in [3.05, 3.63) is 82.2 Å². The zero-order valence-electron chi connectivity index (χ0n) is 22.7. The van der Waals surface area contributed by atoms with Crippen molar-refractivity contribution in [1.29, 1.82) is 0 Å². The molecule has 3 N–H and O–H groups in total. The Bertz CT molecular complexity index is 1230. The van der Waals surface area contributed by atoms with E-state index >= 15 is 0 Å². The molecule has 1 aromatic heterocycles. The van der Waals surface area contributed by atoms with Gasteiger partial charge in [-0.2, -0.15) is 0 Å². The standard InChI is InChI=1S/C30H36ClN3O4S/c1-19(2)15-24(29(36)33-25(16-20(3)4)30(37)34-27-11-8-14-39-27)32-28(35)23-17-22(31)12-13-26(23)38-18-21-9-6-5-7-10-21/h5-14,17,19-20,24-25H,15-16,18H2,1-4H3,(H,32,35)(H,33,36)(H,34,37)/t24-,25-/m0/s1. The molecule has 0 bridgehead atoms. The number of hydrogen-bond acceptors (Lipinski definition) is 5. The molecular weight excluding hydrogens is 534 g/mol. The highest BCUT2D eigenvalue weighted by Gasteiger charge is 2.29. The third kappa shape index (κ3) is 9.71. The van der Waals surface area contributed by atoms with Crippen molar-refractivity contribution >= 4 is 45.7 Å². The van der Waals surface area contributed by atoms with Crippen LogP contribution < -0.4 is 20.7 Å². The normalized spacial score (nSPS) is 12.6. The Morgan fingerprint density at radius 2 is 1.51 bits per heavy atom. The quantitative estimate of drug-likeness (QED) is 0.225. The molecule has 0 unspecified atom stereocenters. The van der Waals surface area contributed by atoms with Crippen LogP contribution >= 0.6 is 22.9 Å². The summed E-state index contributed by atoms with van der Waals surface area (Å²) in [7, 11) is 0. The second kappa shape index (κ2) is 14.7. The molecule has 3 rings (SSSR count). The van der Waals surface area contributed by atoms with Crippen molar-refractivity contribution in [3.8, 4) is 5.75 Å². The highest BCUT2D eigenvalue weighted by Crippen LogP contribution is 2.25. The van der Waals surface area contributed by atoms with Gasteiger partial charge in [-0.25, -0.2) is 0 Å². The number of hydrogen-bond donors (Lipinski definition) is 3. The molecule has 9 heteroatoms. The number of nitrogens with one attached hydrogen (secondary N) is 3. The monoisotopic (exact) mass is 569 g/mol. The number of rotatable bonds is 13. The maximum atomic E-state index is 13.4. The fourth-order valence-electron chi connectivity index (χ4n) is 4.01. The van der Waals surface area contributed by atoms with E-state index in [9.17, 15) is 14.4 Å². The molecule has 3 aromatic rings. The first kappa shape index (κ1) is 30.2. The highest BCUT2D eigenvalue weighted by molar-refractivity contribution is 7.14. The lowest BCUT2D eigenvalue weighted by molar-refractivity contribution is -0.128. The number of thiophene rings is 1. The SMILES string of the molecule is CC(C)C[C@H](NC(=O)c1cc(Cl)ccc1OCc1ccccc1)C(=O)N[C@@H](CC(C)C)C(=O)Nc1cccs1. The Labute approximate surface area is 239 Å². The zero-order valence-corrected chi connectivity index (χ0v) is 24.3. The number of ether oxygens (including phenoxy) is 1. The van der Waals surface area contributed by atoms with Crippen molar-refractivity contribution in [2.24, 2.45) is 11.8 Å². The van der Waals surface area contributed by atoms with Gasteiger partial charge in [-0.1, -0.05) is 69.6 Å². The third-order valence-corrected chi connectivity index (χ3v) is 6.88. The summed E-state index contributed by atoms with van der Waals surface area (Å²) in [5, 5.41) is 11.5. The van der Waals surface area contributed by atoms with E-state index < -0.39 is 23.9 Å². The van der Waals surface area contributed by atoms with Gasteiger partial charge in [0, 0.05) is 5.02 Å². The molecule has 39 heavy (non-hydrogen) atoms. The zero-order chi connectivity index (χ0) is 28.4. The van der Waals surface area contributed by atoms with E-state index in [0.29, 0.717) is 28.6 Å². The summed E-state index contributed by atoms with van der Waals surface area (Å²) in [6, 6.07) is 16.5. The van der Waals surface area contributed by atoms with Crippen LogP contribution in [0.15, 0.2) is 66.0 Å². The number of carbonyl (C=O) groups is 3. The van der Waals surface area contributed by atoms with Gasteiger partial charge in [0.05, 0.1) is 10.6 Å². The van der Waals surface area contributed by atoms with Gasteiger partial charge >= 0.3 is 0 Å². The van der Waals surface area contributed by atoms with Crippen LogP contribution in [0.3, 0.4) is 0 Å². The van der Waals surface area contributed by atoms with E-state index in [1.54, 1.807) is 18.2 Å². The lowest BCUT2D eigenvalue weighted by Crippen LogP contribution is -2.53. The van der Waals surface area contributed by atoms with Crippen LogP contribution in [0.4, 0.5) is 5.00 Å². The first-order valence-electron chi connectivity index (χ1n) is 13.0. The Morgan fingerprint density at radius 1 is 0.846 bits per heavy atom. The number of anilines is 1. The molecule has 0 fully saturated rings. The number of benzene rings is 2. The molecule has 2 atom stereocenters. The van der Waals surface area contributed by atoms with Crippen molar-refractivity contribution < 1.29 is 19.1 Å². The first-order chi connectivity index (χ1) is 18.6. The summed E-state index contributed by atoms with van der Waals surface area (Å²) in [5.41, 5.74) is 1.18. The first-order valence-corrected chi connectivity index (χ1v) is 14.3. The Balaban J connectivity index is 1.76. The largest absolute Gasteiger partial charge is 0.488 e.